The number of nitrogens with zero attached hydrogens (tertiary/aromatic N) is 1. The summed E-state index contributed by atoms with van der Waals surface area (Å²) in [4.78, 5) is 28.7. The topological polar surface area (TPSA) is 129 Å². The second-order valence-electron chi connectivity index (χ2n) is 6.13. The van der Waals surface area contributed by atoms with Crippen molar-refractivity contribution in [1.29, 1.82) is 0 Å². The van der Waals surface area contributed by atoms with Crippen molar-refractivity contribution in [2.45, 2.75) is 18.5 Å². The molecular weight excluding hydrogens is 389 g/mol. The summed E-state index contributed by atoms with van der Waals surface area (Å²) in [5.74, 6) is -2.82. The van der Waals surface area contributed by atoms with E-state index in [4.69, 9.17) is 22.5 Å². The number of nitrogens with two attached hydrogens (primary N) is 1. The first kappa shape index (κ1) is 19.6. The number of hydrogen-bond donors (Lipinski definition) is 5. The van der Waals surface area contributed by atoms with Crippen LogP contribution in [-0.4, -0.2) is 29.0 Å². The number of carbonyl (C=O) groups excluding carboxylic acids is 2. The third kappa shape index (κ3) is 4.21. The molecule has 0 unspecified atom stereocenters. The van der Waals surface area contributed by atoms with E-state index in [0.717, 1.165) is 17.2 Å². The Balaban J connectivity index is 1.76. The molecule has 0 heterocycles. The minimum atomic E-state index is -0.970. The summed E-state index contributed by atoms with van der Waals surface area (Å²) in [6.07, 6.45) is 0.466. The normalized spacial score (nSPS) is 18.3. The van der Waals surface area contributed by atoms with Crippen LogP contribution < -0.4 is 21.8 Å². The molecule has 0 aromatic heterocycles. The fraction of sp³-hybridized carbons (Fsp3) is 0.167. The van der Waals surface area contributed by atoms with Gasteiger partial charge in [-0.25, -0.2) is 14.9 Å². The van der Waals surface area contributed by atoms with E-state index in [0.29, 0.717) is 6.42 Å². The Morgan fingerprint density at radius 2 is 1.96 bits per heavy atom. The number of anilines is 1. The van der Waals surface area contributed by atoms with Gasteiger partial charge in [0.2, 0.25) is 5.96 Å². The molecule has 10 heteroatoms. The van der Waals surface area contributed by atoms with E-state index in [1.807, 2.05) is 18.2 Å². The molecule has 1 aliphatic rings. The summed E-state index contributed by atoms with van der Waals surface area (Å²) in [6.45, 7) is 0. The van der Waals surface area contributed by atoms with Gasteiger partial charge in [-0.15, -0.1) is 0 Å². The first-order chi connectivity index (χ1) is 13.4. The minimum Gasteiger partial charge on any atom is -0.368 e. The summed E-state index contributed by atoms with van der Waals surface area (Å²) in [5.41, 5.74) is 9.09. The highest BCUT2D eigenvalue weighted by atomic mass is 35.5. The van der Waals surface area contributed by atoms with E-state index < -0.39 is 29.7 Å². The lowest BCUT2D eigenvalue weighted by molar-refractivity contribution is -0.136. The monoisotopic (exact) mass is 405 g/mol. The van der Waals surface area contributed by atoms with Crippen LogP contribution in [0.2, 0.25) is 5.02 Å². The van der Waals surface area contributed by atoms with Gasteiger partial charge in [0.05, 0.1) is 17.1 Å². The number of fused-ring (bicyclic) bond motifs is 1. The number of amides is 2. The van der Waals surface area contributed by atoms with E-state index in [2.05, 4.69) is 15.6 Å². The molecule has 0 saturated heterocycles. The van der Waals surface area contributed by atoms with Gasteiger partial charge in [-0.3, -0.25) is 14.8 Å². The van der Waals surface area contributed by atoms with Gasteiger partial charge >= 0.3 is 11.8 Å². The predicted molar refractivity (Wildman–Crippen MR) is 101 cm³/mol. The lowest BCUT2D eigenvalue weighted by atomic mass is 10.1. The van der Waals surface area contributed by atoms with E-state index in [9.17, 15) is 14.0 Å². The zero-order valence-corrected chi connectivity index (χ0v) is 15.2. The fourth-order valence-electron chi connectivity index (χ4n) is 3.04. The van der Waals surface area contributed by atoms with Crippen molar-refractivity contribution in [3.63, 3.8) is 0 Å². The number of rotatable bonds is 3. The molecular formula is C18H17ClFN5O3. The Bertz CT molecular complexity index is 953. The van der Waals surface area contributed by atoms with Crippen molar-refractivity contribution in [3.8, 4) is 0 Å². The minimum absolute atomic E-state index is 0.0946. The third-order valence-corrected chi connectivity index (χ3v) is 4.60. The maximum absolute atomic E-state index is 13.5. The molecule has 2 amide bonds. The molecule has 3 rings (SSSR count). The highest BCUT2D eigenvalue weighted by Gasteiger charge is 2.34. The van der Waals surface area contributed by atoms with Crippen LogP contribution in [0.1, 0.15) is 17.2 Å². The zero-order chi connectivity index (χ0) is 20.3. The molecule has 146 valence electrons. The van der Waals surface area contributed by atoms with Gasteiger partial charge in [0, 0.05) is 5.69 Å². The standard InChI is InChI=1S/C18H17ClFN5O3/c19-12-6-5-10(8-13(12)20)22-16(26)17(27)24-15-11-4-2-1-3-9(11)7-14(15)23-18(21)25-28/h1-6,8,14-15,28H,7H2,(H,22,26)(H,24,27)(H3,21,23,25)/t14-,15-/m0/s1. The molecule has 0 aliphatic heterocycles. The molecule has 2 atom stereocenters. The van der Waals surface area contributed by atoms with Gasteiger partial charge in [0.25, 0.3) is 0 Å². The summed E-state index contributed by atoms with van der Waals surface area (Å²) in [6, 6.07) is 9.86. The maximum Gasteiger partial charge on any atom is 0.313 e. The van der Waals surface area contributed by atoms with Crippen molar-refractivity contribution >= 4 is 35.1 Å². The molecule has 0 bridgehead atoms. The first-order valence-corrected chi connectivity index (χ1v) is 8.65. The molecule has 8 nitrogen and oxygen atoms in total. The number of aliphatic imine (C=N–C) groups is 1. The number of guanidine groups is 1. The number of benzene rings is 2. The smallest absolute Gasteiger partial charge is 0.313 e. The molecule has 1 aliphatic carbocycles. The van der Waals surface area contributed by atoms with Crippen molar-refractivity contribution in [2.75, 3.05) is 5.32 Å². The van der Waals surface area contributed by atoms with Gasteiger partial charge < -0.3 is 16.4 Å². The van der Waals surface area contributed by atoms with Crippen LogP contribution in [0.4, 0.5) is 10.1 Å². The first-order valence-electron chi connectivity index (χ1n) is 8.27. The largest absolute Gasteiger partial charge is 0.368 e. The third-order valence-electron chi connectivity index (χ3n) is 4.29. The van der Waals surface area contributed by atoms with Gasteiger partial charge in [-0.05, 0) is 35.7 Å². The van der Waals surface area contributed by atoms with Crippen molar-refractivity contribution < 1.29 is 19.2 Å². The Morgan fingerprint density at radius 1 is 1.21 bits per heavy atom. The zero-order valence-electron chi connectivity index (χ0n) is 14.4. The van der Waals surface area contributed by atoms with Crippen LogP contribution in [0.15, 0.2) is 47.5 Å². The average molecular weight is 406 g/mol. The summed E-state index contributed by atoms with van der Waals surface area (Å²) >= 11 is 5.60. The van der Waals surface area contributed by atoms with Crippen molar-refractivity contribution in [2.24, 2.45) is 10.7 Å². The summed E-state index contributed by atoms with van der Waals surface area (Å²) in [7, 11) is 0. The van der Waals surface area contributed by atoms with Crippen LogP contribution in [-0.2, 0) is 16.0 Å². The van der Waals surface area contributed by atoms with Gasteiger partial charge in [-0.2, -0.15) is 0 Å². The molecule has 2 aromatic carbocycles. The summed E-state index contributed by atoms with van der Waals surface area (Å²) in [5, 5.41) is 13.7. The SMILES string of the molecule is NC(=N[C@H]1Cc2ccccc2[C@@H]1NC(=O)C(=O)Nc1ccc(Cl)c(F)c1)NO. The molecule has 0 fully saturated rings. The van der Waals surface area contributed by atoms with Crippen LogP contribution >= 0.6 is 11.6 Å². The Kier molecular flexibility index (Phi) is 5.76. The Hall–Kier alpha value is -3.17. The van der Waals surface area contributed by atoms with Gasteiger partial charge in [0.15, 0.2) is 0 Å². The van der Waals surface area contributed by atoms with Crippen LogP contribution in [0.3, 0.4) is 0 Å². The molecule has 0 saturated carbocycles. The fourth-order valence-corrected chi connectivity index (χ4v) is 3.16. The van der Waals surface area contributed by atoms with Crippen molar-refractivity contribution in [3.05, 3.63) is 64.4 Å². The highest BCUT2D eigenvalue weighted by molar-refractivity contribution is 6.39. The number of halogens is 2. The molecule has 0 spiro atoms. The number of carbonyl (C=O) groups is 2. The molecule has 0 radical (unpaired) electrons. The maximum atomic E-state index is 13.5. The predicted octanol–water partition coefficient (Wildman–Crippen LogP) is 1.49. The number of hydroxylamine groups is 1. The average Bonchev–Trinajstić information content (AvgIpc) is 3.01. The quantitative estimate of drug-likeness (QED) is 0.229. The van der Waals surface area contributed by atoms with Crippen molar-refractivity contribution in [1.82, 2.24) is 10.8 Å². The van der Waals surface area contributed by atoms with E-state index in [1.54, 1.807) is 11.5 Å². The highest BCUT2D eigenvalue weighted by Crippen LogP contribution is 2.33. The lowest BCUT2D eigenvalue weighted by Crippen LogP contribution is -2.41. The van der Waals surface area contributed by atoms with Crippen LogP contribution in [0.25, 0.3) is 0 Å². The second-order valence-corrected chi connectivity index (χ2v) is 6.54. The van der Waals surface area contributed by atoms with Crippen LogP contribution in [0, 0.1) is 5.82 Å². The Morgan fingerprint density at radius 3 is 2.68 bits per heavy atom. The number of nitrogens with one attached hydrogen (secondary N) is 3. The molecule has 6 N–H and O–H groups in total. The molecule has 2 aromatic rings. The van der Waals surface area contributed by atoms with E-state index in [1.165, 1.54) is 12.1 Å². The van der Waals surface area contributed by atoms with E-state index >= 15 is 0 Å². The summed E-state index contributed by atoms with van der Waals surface area (Å²) < 4.78 is 13.5. The van der Waals surface area contributed by atoms with E-state index in [-0.39, 0.29) is 16.7 Å². The van der Waals surface area contributed by atoms with Gasteiger partial charge in [-0.1, -0.05) is 35.9 Å². The second kappa shape index (κ2) is 8.24. The molecule has 28 heavy (non-hydrogen) atoms. The lowest BCUT2D eigenvalue weighted by Gasteiger charge is -2.19. The van der Waals surface area contributed by atoms with Crippen LogP contribution in [0.5, 0.6) is 0 Å². The van der Waals surface area contributed by atoms with Gasteiger partial charge in [0.1, 0.15) is 5.82 Å². The Labute approximate surface area is 164 Å². The number of hydrogen-bond acceptors (Lipinski definition) is 4.